The Morgan fingerprint density at radius 2 is 1.46 bits per heavy atom. The van der Waals surface area contributed by atoms with Crippen LogP contribution in [0.3, 0.4) is 0 Å². The second kappa shape index (κ2) is 9.76. The van der Waals surface area contributed by atoms with E-state index in [1.54, 1.807) is 11.8 Å². The van der Waals surface area contributed by atoms with Crippen molar-refractivity contribution in [3.05, 3.63) is 71.8 Å². The average molecular weight is 352 g/mol. The molecule has 0 aliphatic heterocycles. The molecule has 0 aromatic heterocycles. The number of hydrogen-bond acceptors (Lipinski definition) is 2. The van der Waals surface area contributed by atoms with Crippen LogP contribution in [0, 0.1) is 0 Å². The largest absolute Gasteiger partial charge is 0.354 e. The SMILES string of the molecule is CCC(C)N(CCNC(=O)C(c1ccccc1)c1ccccc1)C(C)=O. The van der Waals surface area contributed by atoms with Gasteiger partial charge < -0.3 is 10.2 Å². The molecule has 0 aliphatic carbocycles. The fourth-order valence-corrected chi connectivity index (χ4v) is 3.10. The average Bonchev–Trinajstić information content (AvgIpc) is 2.66. The maximum Gasteiger partial charge on any atom is 0.232 e. The molecule has 0 saturated heterocycles. The Morgan fingerprint density at radius 1 is 0.962 bits per heavy atom. The maximum absolute atomic E-state index is 12.9. The van der Waals surface area contributed by atoms with E-state index in [1.165, 1.54) is 0 Å². The Kier molecular flexibility index (Phi) is 7.39. The highest BCUT2D eigenvalue weighted by atomic mass is 16.2. The fraction of sp³-hybridized carbons (Fsp3) is 0.364. The van der Waals surface area contributed by atoms with Crippen molar-refractivity contribution in [1.29, 1.82) is 0 Å². The smallest absolute Gasteiger partial charge is 0.232 e. The molecule has 0 fully saturated rings. The Labute approximate surface area is 156 Å². The molecule has 0 saturated carbocycles. The van der Waals surface area contributed by atoms with E-state index in [9.17, 15) is 9.59 Å². The van der Waals surface area contributed by atoms with E-state index in [0.717, 1.165) is 17.5 Å². The molecule has 2 rings (SSSR count). The lowest BCUT2D eigenvalue weighted by molar-refractivity contribution is -0.131. The third kappa shape index (κ3) is 5.19. The molecule has 2 aromatic rings. The quantitative estimate of drug-likeness (QED) is 0.789. The zero-order valence-electron chi connectivity index (χ0n) is 15.8. The summed E-state index contributed by atoms with van der Waals surface area (Å²) in [5.74, 6) is -0.363. The molecule has 2 aromatic carbocycles. The molecule has 4 heteroatoms. The van der Waals surface area contributed by atoms with Gasteiger partial charge >= 0.3 is 0 Å². The van der Waals surface area contributed by atoms with Crippen molar-refractivity contribution in [2.45, 2.75) is 39.2 Å². The molecule has 26 heavy (non-hydrogen) atoms. The number of carbonyl (C=O) groups is 2. The topological polar surface area (TPSA) is 49.4 Å². The highest BCUT2D eigenvalue weighted by Gasteiger charge is 2.23. The van der Waals surface area contributed by atoms with Crippen LogP contribution in [-0.4, -0.2) is 35.8 Å². The summed E-state index contributed by atoms with van der Waals surface area (Å²) in [6.07, 6.45) is 0.893. The van der Waals surface area contributed by atoms with E-state index in [-0.39, 0.29) is 23.8 Å². The van der Waals surface area contributed by atoms with E-state index in [1.807, 2.05) is 67.6 Å². The predicted molar refractivity (Wildman–Crippen MR) is 105 cm³/mol. The summed E-state index contributed by atoms with van der Waals surface area (Å²) in [5, 5.41) is 3.01. The van der Waals surface area contributed by atoms with Crippen LogP contribution in [0.5, 0.6) is 0 Å². The van der Waals surface area contributed by atoms with Gasteiger partial charge in [0, 0.05) is 26.1 Å². The van der Waals surface area contributed by atoms with Crippen LogP contribution in [0.25, 0.3) is 0 Å². The molecule has 1 N–H and O–H groups in total. The Balaban J connectivity index is 2.09. The van der Waals surface area contributed by atoms with E-state index < -0.39 is 0 Å². The third-order valence-corrected chi connectivity index (χ3v) is 4.71. The second-order valence-corrected chi connectivity index (χ2v) is 6.52. The van der Waals surface area contributed by atoms with Gasteiger partial charge in [-0.2, -0.15) is 0 Å². The maximum atomic E-state index is 12.9. The van der Waals surface area contributed by atoms with Crippen molar-refractivity contribution in [3.63, 3.8) is 0 Å². The van der Waals surface area contributed by atoms with Gasteiger partial charge in [-0.3, -0.25) is 9.59 Å². The van der Waals surface area contributed by atoms with Crippen molar-refractivity contribution in [1.82, 2.24) is 10.2 Å². The molecule has 0 bridgehead atoms. The number of carbonyl (C=O) groups excluding carboxylic acids is 2. The predicted octanol–water partition coefficient (Wildman–Crippen LogP) is 3.58. The lowest BCUT2D eigenvalue weighted by Crippen LogP contribution is -2.43. The molecule has 0 spiro atoms. The zero-order valence-corrected chi connectivity index (χ0v) is 15.8. The van der Waals surface area contributed by atoms with Gasteiger partial charge in [0.2, 0.25) is 11.8 Å². The van der Waals surface area contributed by atoms with Gasteiger partial charge in [0.25, 0.3) is 0 Å². The highest BCUT2D eigenvalue weighted by molar-refractivity contribution is 5.87. The van der Waals surface area contributed by atoms with Gasteiger partial charge in [0.1, 0.15) is 0 Å². The molecule has 2 amide bonds. The minimum atomic E-state index is -0.355. The first-order valence-electron chi connectivity index (χ1n) is 9.19. The number of benzene rings is 2. The van der Waals surface area contributed by atoms with E-state index in [0.29, 0.717) is 13.1 Å². The monoisotopic (exact) mass is 352 g/mol. The van der Waals surface area contributed by atoms with Gasteiger partial charge in [0.15, 0.2) is 0 Å². The Bertz CT molecular complexity index is 661. The van der Waals surface area contributed by atoms with Crippen LogP contribution in [0.1, 0.15) is 44.2 Å². The molecule has 1 atom stereocenters. The van der Waals surface area contributed by atoms with Crippen LogP contribution in [0.15, 0.2) is 60.7 Å². The molecule has 0 heterocycles. The minimum absolute atomic E-state index is 0.0382. The molecule has 0 radical (unpaired) electrons. The van der Waals surface area contributed by atoms with Crippen molar-refractivity contribution < 1.29 is 9.59 Å². The molecule has 0 aliphatic rings. The molecular formula is C22H28N2O2. The summed E-state index contributed by atoms with van der Waals surface area (Å²) in [6, 6.07) is 19.7. The minimum Gasteiger partial charge on any atom is -0.354 e. The number of rotatable bonds is 8. The molecule has 138 valence electrons. The van der Waals surface area contributed by atoms with Crippen LogP contribution < -0.4 is 5.32 Å². The summed E-state index contributed by atoms with van der Waals surface area (Å²) >= 11 is 0. The van der Waals surface area contributed by atoms with Gasteiger partial charge in [-0.15, -0.1) is 0 Å². The Hall–Kier alpha value is -2.62. The van der Waals surface area contributed by atoms with Crippen LogP contribution in [0.2, 0.25) is 0 Å². The van der Waals surface area contributed by atoms with Crippen molar-refractivity contribution in [3.8, 4) is 0 Å². The van der Waals surface area contributed by atoms with Crippen LogP contribution in [-0.2, 0) is 9.59 Å². The van der Waals surface area contributed by atoms with Crippen molar-refractivity contribution in [2.75, 3.05) is 13.1 Å². The summed E-state index contributed by atoms with van der Waals surface area (Å²) in [7, 11) is 0. The number of hydrogen-bond donors (Lipinski definition) is 1. The van der Waals surface area contributed by atoms with E-state index >= 15 is 0 Å². The van der Waals surface area contributed by atoms with Crippen LogP contribution in [0.4, 0.5) is 0 Å². The second-order valence-electron chi connectivity index (χ2n) is 6.52. The first-order valence-corrected chi connectivity index (χ1v) is 9.19. The van der Waals surface area contributed by atoms with Crippen molar-refractivity contribution in [2.24, 2.45) is 0 Å². The van der Waals surface area contributed by atoms with E-state index in [4.69, 9.17) is 0 Å². The van der Waals surface area contributed by atoms with E-state index in [2.05, 4.69) is 12.2 Å². The lowest BCUT2D eigenvalue weighted by atomic mass is 9.90. The number of nitrogens with one attached hydrogen (secondary N) is 1. The fourth-order valence-electron chi connectivity index (χ4n) is 3.10. The van der Waals surface area contributed by atoms with Crippen LogP contribution >= 0.6 is 0 Å². The normalized spacial score (nSPS) is 11.8. The first kappa shape index (κ1) is 19.7. The van der Waals surface area contributed by atoms with Gasteiger partial charge in [0.05, 0.1) is 5.92 Å². The Morgan fingerprint density at radius 3 is 1.88 bits per heavy atom. The lowest BCUT2D eigenvalue weighted by Gasteiger charge is -2.28. The van der Waals surface area contributed by atoms with Crippen molar-refractivity contribution >= 4 is 11.8 Å². The summed E-state index contributed by atoms with van der Waals surface area (Å²) in [5.41, 5.74) is 1.92. The number of nitrogens with zero attached hydrogens (tertiary/aromatic N) is 1. The van der Waals surface area contributed by atoms with Gasteiger partial charge in [-0.25, -0.2) is 0 Å². The molecule has 1 unspecified atom stereocenters. The standard InChI is InChI=1S/C22H28N2O2/c1-4-17(2)24(18(3)25)16-15-23-22(26)21(19-11-7-5-8-12-19)20-13-9-6-10-14-20/h5-14,17,21H,4,15-16H2,1-3H3,(H,23,26). The summed E-state index contributed by atoms with van der Waals surface area (Å²) in [6.45, 7) is 6.62. The highest BCUT2D eigenvalue weighted by Crippen LogP contribution is 2.24. The molecular weight excluding hydrogens is 324 g/mol. The van der Waals surface area contributed by atoms with Gasteiger partial charge in [-0.1, -0.05) is 67.6 Å². The summed E-state index contributed by atoms with van der Waals surface area (Å²) < 4.78 is 0. The number of amides is 2. The third-order valence-electron chi connectivity index (χ3n) is 4.71. The van der Waals surface area contributed by atoms with Gasteiger partial charge in [-0.05, 0) is 24.5 Å². The zero-order chi connectivity index (χ0) is 18.9. The first-order chi connectivity index (χ1) is 12.5. The summed E-state index contributed by atoms with van der Waals surface area (Å²) in [4.78, 5) is 26.5. The molecule has 4 nitrogen and oxygen atoms in total.